The van der Waals surface area contributed by atoms with Crippen molar-refractivity contribution in [3.63, 3.8) is 0 Å². The van der Waals surface area contributed by atoms with Gasteiger partial charge in [-0.1, -0.05) is 29.8 Å². The molecular formula is C26H20N6O. The monoisotopic (exact) mass is 432 g/mol. The maximum absolute atomic E-state index is 12.5. The molecule has 0 bridgehead atoms. The third-order valence-corrected chi connectivity index (χ3v) is 5.05. The number of hydrogen-bond acceptors (Lipinski definition) is 5. The van der Waals surface area contributed by atoms with Gasteiger partial charge in [-0.15, -0.1) is 0 Å². The van der Waals surface area contributed by atoms with Crippen LogP contribution in [0, 0.1) is 6.92 Å². The molecule has 3 heterocycles. The number of aromatic nitrogens is 4. The first-order chi connectivity index (χ1) is 16.2. The first kappa shape index (κ1) is 20.3. The van der Waals surface area contributed by atoms with Crippen LogP contribution in [0.3, 0.4) is 0 Å². The third-order valence-electron chi connectivity index (χ3n) is 5.05. The normalized spacial score (nSPS) is 10.7. The van der Waals surface area contributed by atoms with Gasteiger partial charge in [0.1, 0.15) is 11.4 Å². The van der Waals surface area contributed by atoms with E-state index in [1.165, 1.54) is 0 Å². The van der Waals surface area contributed by atoms with E-state index in [2.05, 4.69) is 20.6 Å². The van der Waals surface area contributed by atoms with E-state index in [-0.39, 0.29) is 6.03 Å². The molecule has 33 heavy (non-hydrogen) atoms. The van der Waals surface area contributed by atoms with Gasteiger partial charge in [-0.05, 0) is 61.5 Å². The molecule has 0 aliphatic rings. The maximum atomic E-state index is 12.5. The summed E-state index contributed by atoms with van der Waals surface area (Å²) in [5, 5.41) is 5.69. The Bertz CT molecular complexity index is 1420. The molecule has 0 unspecified atom stereocenters. The van der Waals surface area contributed by atoms with Crippen LogP contribution in [0.2, 0.25) is 0 Å². The quantitative estimate of drug-likeness (QED) is 0.380. The Hall–Kier alpha value is -4.65. The van der Waals surface area contributed by atoms with E-state index < -0.39 is 0 Å². The molecule has 0 fully saturated rings. The molecule has 3 aromatic heterocycles. The van der Waals surface area contributed by atoms with Gasteiger partial charge in [-0.25, -0.2) is 14.8 Å². The van der Waals surface area contributed by atoms with Crippen molar-refractivity contribution in [2.45, 2.75) is 6.92 Å². The van der Waals surface area contributed by atoms with Gasteiger partial charge in [0.05, 0.1) is 22.4 Å². The molecular weight excluding hydrogens is 412 g/mol. The van der Waals surface area contributed by atoms with Crippen molar-refractivity contribution in [2.75, 3.05) is 10.6 Å². The summed E-state index contributed by atoms with van der Waals surface area (Å²) in [6.07, 6.45) is 3.44. The number of anilines is 2. The molecule has 0 aliphatic carbocycles. The first-order valence-corrected chi connectivity index (χ1v) is 10.4. The Balaban J connectivity index is 1.50. The van der Waals surface area contributed by atoms with Crippen molar-refractivity contribution in [2.24, 2.45) is 0 Å². The zero-order valence-corrected chi connectivity index (χ0v) is 17.9. The number of fused-ring (bicyclic) bond motifs is 1. The lowest BCUT2D eigenvalue weighted by molar-refractivity contribution is 0.262. The molecule has 0 saturated carbocycles. The summed E-state index contributed by atoms with van der Waals surface area (Å²) in [7, 11) is 0. The molecule has 5 rings (SSSR count). The van der Waals surface area contributed by atoms with E-state index >= 15 is 0 Å². The van der Waals surface area contributed by atoms with Crippen LogP contribution in [0.4, 0.5) is 16.2 Å². The number of nitrogens with one attached hydrogen (secondary N) is 2. The van der Waals surface area contributed by atoms with Gasteiger partial charge in [0.2, 0.25) is 0 Å². The predicted molar refractivity (Wildman–Crippen MR) is 130 cm³/mol. The molecule has 0 atom stereocenters. The van der Waals surface area contributed by atoms with E-state index in [1.807, 2.05) is 73.7 Å². The molecule has 7 heteroatoms. The standard InChI is InChI=1S/C26H20N6O/c1-17-8-10-18(11-9-17)29-26(33)30-19-12-13-20-23(16-19)32-25(22-7-3-5-15-28-22)24(31-20)21-6-2-4-14-27-21/h2-16H,1H3,(H2,29,30,33). The number of carbonyl (C=O) groups excluding carboxylic acids is 1. The summed E-state index contributed by atoms with van der Waals surface area (Å²) < 4.78 is 0. The van der Waals surface area contributed by atoms with Gasteiger partial charge in [0.25, 0.3) is 0 Å². The summed E-state index contributed by atoms with van der Waals surface area (Å²) in [5.41, 5.74) is 6.49. The van der Waals surface area contributed by atoms with Crippen LogP contribution in [0.1, 0.15) is 5.56 Å². The molecule has 2 aromatic carbocycles. The Morgan fingerprint density at radius 3 is 1.85 bits per heavy atom. The van der Waals surface area contributed by atoms with E-state index in [4.69, 9.17) is 9.97 Å². The summed E-state index contributed by atoms with van der Waals surface area (Å²) in [6, 6.07) is 24.0. The average molecular weight is 432 g/mol. The van der Waals surface area contributed by atoms with Gasteiger partial charge in [-0.3, -0.25) is 9.97 Å². The van der Waals surface area contributed by atoms with Gasteiger partial charge in [0.15, 0.2) is 0 Å². The molecule has 5 aromatic rings. The van der Waals surface area contributed by atoms with Crippen LogP contribution in [-0.2, 0) is 0 Å². The molecule has 7 nitrogen and oxygen atoms in total. The second-order valence-corrected chi connectivity index (χ2v) is 7.50. The molecule has 0 spiro atoms. The highest BCUT2D eigenvalue weighted by Gasteiger charge is 2.15. The molecule has 0 saturated heterocycles. The number of rotatable bonds is 4. The topological polar surface area (TPSA) is 92.7 Å². The van der Waals surface area contributed by atoms with Crippen LogP contribution in [0.25, 0.3) is 33.8 Å². The van der Waals surface area contributed by atoms with Crippen molar-refractivity contribution >= 4 is 28.4 Å². The second kappa shape index (κ2) is 8.84. The highest BCUT2D eigenvalue weighted by molar-refractivity contribution is 6.01. The zero-order chi connectivity index (χ0) is 22.6. The van der Waals surface area contributed by atoms with Crippen molar-refractivity contribution in [3.05, 3.63) is 96.8 Å². The Morgan fingerprint density at radius 1 is 0.667 bits per heavy atom. The number of pyridine rings is 2. The maximum Gasteiger partial charge on any atom is 0.323 e. The predicted octanol–water partition coefficient (Wildman–Crippen LogP) is 5.71. The minimum absolute atomic E-state index is 0.332. The fourth-order valence-electron chi connectivity index (χ4n) is 3.43. The lowest BCUT2D eigenvalue weighted by Crippen LogP contribution is -2.19. The number of aryl methyl sites for hydroxylation is 1. The largest absolute Gasteiger partial charge is 0.323 e. The number of carbonyl (C=O) groups is 1. The van der Waals surface area contributed by atoms with Gasteiger partial charge >= 0.3 is 6.03 Å². The van der Waals surface area contributed by atoms with Crippen LogP contribution in [0.15, 0.2) is 91.3 Å². The van der Waals surface area contributed by atoms with Crippen molar-refractivity contribution in [1.29, 1.82) is 0 Å². The summed E-state index contributed by atoms with van der Waals surface area (Å²) in [4.78, 5) is 31.0. The van der Waals surface area contributed by atoms with E-state index in [0.29, 0.717) is 39.5 Å². The van der Waals surface area contributed by atoms with Crippen molar-refractivity contribution in [3.8, 4) is 22.8 Å². The Kier molecular flexibility index (Phi) is 5.43. The fourth-order valence-corrected chi connectivity index (χ4v) is 3.43. The number of amides is 2. The van der Waals surface area contributed by atoms with Crippen LogP contribution < -0.4 is 10.6 Å². The molecule has 2 amide bonds. The highest BCUT2D eigenvalue weighted by Crippen LogP contribution is 2.29. The summed E-state index contributed by atoms with van der Waals surface area (Å²) in [5.74, 6) is 0. The van der Waals surface area contributed by atoms with Crippen LogP contribution in [0.5, 0.6) is 0 Å². The van der Waals surface area contributed by atoms with Gasteiger partial charge in [0, 0.05) is 23.8 Å². The van der Waals surface area contributed by atoms with Crippen molar-refractivity contribution < 1.29 is 4.79 Å². The van der Waals surface area contributed by atoms with Gasteiger partial charge < -0.3 is 10.6 Å². The van der Waals surface area contributed by atoms with Crippen LogP contribution >= 0.6 is 0 Å². The minimum atomic E-state index is -0.332. The summed E-state index contributed by atoms with van der Waals surface area (Å²) >= 11 is 0. The van der Waals surface area contributed by atoms with Gasteiger partial charge in [-0.2, -0.15) is 0 Å². The number of nitrogens with zero attached hydrogens (tertiary/aromatic N) is 4. The average Bonchev–Trinajstić information content (AvgIpc) is 2.85. The smallest absolute Gasteiger partial charge is 0.308 e. The zero-order valence-electron chi connectivity index (χ0n) is 17.9. The molecule has 0 aliphatic heterocycles. The third kappa shape index (κ3) is 4.52. The molecule has 0 radical (unpaired) electrons. The van der Waals surface area contributed by atoms with E-state index in [1.54, 1.807) is 24.5 Å². The molecule has 2 N–H and O–H groups in total. The van der Waals surface area contributed by atoms with E-state index in [0.717, 1.165) is 11.3 Å². The number of hydrogen-bond donors (Lipinski definition) is 2. The highest BCUT2D eigenvalue weighted by atomic mass is 16.2. The van der Waals surface area contributed by atoms with E-state index in [9.17, 15) is 4.79 Å². The first-order valence-electron chi connectivity index (χ1n) is 10.4. The number of urea groups is 1. The van der Waals surface area contributed by atoms with Crippen molar-refractivity contribution in [1.82, 2.24) is 19.9 Å². The second-order valence-electron chi connectivity index (χ2n) is 7.50. The Labute approximate surface area is 190 Å². The van der Waals surface area contributed by atoms with Crippen LogP contribution in [-0.4, -0.2) is 26.0 Å². The molecule has 160 valence electrons. The number of benzene rings is 2. The fraction of sp³-hybridized carbons (Fsp3) is 0.0385. The summed E-state index contributed by atoms with van der Waals surface area (Å²) in [6.45, 7) is 2.00. The lowest BCUT2D eigenvalue weighted by Gasteiger charge is -2.11. The lowest BCUT2D eigenvalue weighted by atomic mass is 10.1. The Morgan fingerprint density at radius 2 is 1.24 bits per heavy atom. The SMILES string of the molecule is Cc1ccc(NC(=O)Nc2ccc3nc(-c4ccccn4)c(-c4ccccn4)nc3c2)cc1. The minimum Gasteiger partial charge on any atom is -0.308 e.